The van der Waals surface area contributed by atoms with Crippen molar-refractivity contribution in [2.24, 2.45) is 0 Å². The molecular weight excluding hydrogens is 225 g/mol. The second kappa shape index (κ2) is 5.12. The Morgan fingerprint density at radius 2 is 2.31 bits per heavy atom. The maximum absolute atomic E-state index is 12.9. The van der Waals surface area contributed by atoms with Gasteiger partial charge in [0.15, 0.2) is 0 Å². The Kier molecular flexibility index (Phi) is 3.56. The fourth-order valence-corrected chi connectivity index (χ4v) is 2.04. The highest BCUT2D eigenvalue weighted by Crippen LogP contribution is 2.19. The van der Waals surface area contributed by atoms with E-state index in [1.165, 1.54) is 23.9 Å². The minimum atomic E-state index is -0.206. The smallest absolute Gasteiger partial charge is 0.208 e. The van der Waals surface area contributed by atoms with Crippen molar-refractivity contribution in [2.45, 2.75) is 24.3 Å². The summed E-state index contributed by atoms with van der Waals surface area (Å²) in [6.07, 6.45) is 0.841. The normalized spacial score (nSPS) is 10.6. The Morgan fingerprint density at radius 3 is 3.00 bits per heavy atom. The molecule has 0 saturated carbocycles. The molecule has 0 fully saturated rings. The first-order chi connectivity index (χ1) is 7.78. The van der Waals surface area contributed by atoms with Crippen molar-refractivity contribution < 1.29 is 4.39 Å². The van der Waals surface area contributed by atoms with Crippen LogP contribution in [-0.4, -0.2) is 15.2 Å². The standard InChI is InChI=1S/C11H12FN3S/c1-2-10-13-11(15-14-10)16-7-8-4-3-5-9(12)6-8/h3-6H,2,7H2,1H3,(H,13,14,15). The van der Waals surface area contributed by atoms with E-state index in [1.807, 2.05) is 13.0 Å². The maximum Gasteiger partial charge on any atom is 0.208 e. The Bertz CT molecular complexity index is 470. The second-order valence-corrected chi connectivity index (χ2v) is 4.28. The summed E-state index contributed by atoms with van der Waals surface area (Å²) in [6.45, 7) is 2.02. The van der Waals surface area contributed by atoms with Crippen molar-refractivity contribution in [3.05, 3.63) is 41.5 Å². The quantitative estimate of drug-likeness (QED) is 0.831. The molecule has 1 heterocycles. The molecule has 0 spiro atoms. The van der Waals surface area contributed by atoms with Gasteiger partial charge < -0.3 is 0 Å². The number of aromatic nitrogens is 3. The molecule has 1 N–H and O–H groups in total. The van der Waals surface area contributed by atoms with Gasteiger partial charge in [-0.2, -0.15) is 0 Å². The second-order valence-electron chi connectivity index (χ2n) is 3.34. The summed E-state index contributed by atoms with van der Waals surface area (Å²) in [6, 6.07) is 6.57. The van der Waals surface area contributed by atoms with E-state index in [0.29, 0.717) is 10.9 Å². The van der Waals surface area contributed by atoms with Crippen LogP contribution in [0, 0.1) is 5.82 Å². The lowest BCUT2D eigenvalue weighted by Crippen LogP contribution is -1.84. The average Bonchev–Trinajstić information content (AvgIpc) is 2.74. The van der Waals surface area contributed by atoms with E-state index >= 15 is 0 Å². The predicted octanol–water partition coefficient (Wildman–Crippen LogP) is 2.80. The minimum absolute atomic E-state index is 0.206. The summed E-state index contributed by atoms with van der Waals surface area (Å²) in [5, 5.41) is 7.61. The van der Waals surface area contributed by atoms with Crippen molar-refractivity contribution >= 4 is 11.8 Å². The fraction of sp³-hybridized carbons (Fsp3) is 0.273. The van der Waals surface area contributed by atoms with Crippen LogP contribution in [0.2, 0.25) is 0 Å². The number of H-pyrrole nitrogens is 1. The average molecular weight is 237 g/mol. The number of hydrogen-bond donors (Lipinski definition) is 1. The van der Waals surface area contributed by atoms with Gasteiger partial charge in [0.1, 0.15) is 11.6 Å². The first-order valence-electron chi connectivity index (χ1n) is 5.06. The summed E-state index contributed by atoms with van der Waals surface area (Å²) < 4.78 is 12.9. The summed E-state index contributed by atoms with van der Waals surface area (Å²) in [7, 11) is 0. The zero-order valence-electron chi connectivity index (χ0n) is 8.90. The Labute approximate surface area is 97.5 Å². The van der Waals surface area contributed by atoms with Gasteiger partial charge >= 0.3 is 0 Å². The van der Waals surface area contributed by atoms with E-state index in [1.54, 1.807) is 6.07 Å². The first kappa shape index (κ1) is 11.1. The number of hydrogen-bond acceptors (Lipinski definition) is 3. The van der Waals surface area contributed by atoms with Crippen LogP contribution in [0.3, 0.4) is 0 Å². The molecule has 0 bridgehead atoms. The van der Waals surface area contributed by atoms with Crippen molar-refractivity contribution in [3.8, 4) is 0 Å². The number of rotatable bonds is 4. The van der Waals surface area contributed by atoms with Crippen molar-refractivity contribution in [1.29, 1.82) is 0 Å². The van der Waals surface area contributed by atoms with Gasteiger partial charge in [0.2, 0.25) is 5.16 Å². The maximum atomic E-state index is 12.9. The number of nitrogens with zero attached hydrogens (tertiary/aromatic N) is 2. The third-order valence-corrected chi connectivity index (χ3v) is 3.02. The fourth-order valence-electron chi connectivity index (χ4n) is 1.28. The Balaban J connectivity index is 1.96. The molecule has 0 radical (unpaired) electrons. The van der Waals surface area contributed by atoms with E-state index in [2.05, 4.69) is 15.2 Å². The Morgan fingerprint density at radius 1 is 1.44 bits per heavy atom. The predicted molar refractivity (Wildman–Crippen MR) is 61.7 cm³/mol. The molecule has 0 atom stereocenters. The molecule has 84 valence electrons. The minimum Gasteiger partial charge on any atom is -0.262 e. The van der Waals surface area contributed by atoms with E-state index in [0.717, 1.165) is 17.8 Å². The molecule has 0 saturated heterocycles. The van der Waals surface area contributed by atoms with Gasteiger partial charge in [0.25, 0.3) is 0 Å². The monoisotopic (exact) mass is 237 g/mol. The highest BCUT2D eigenvalue weighted by molar-refractivity contribution is 7.98. The lowest BCUT2D eigenvalue weighted by molar-refractivity contribution is 0.626. The number of aromatic amines is 1. The third-order valence-electron chi connectivity index (χ3n) is 2.10. The highest BCUT2D eigenvalue weighted by atomic mass is 32.2. The van der Waals surface area contributed by atoms with Crippen LogP contribution < -0.4 is 0 Å². The lowest BCUT2D eigenvalue weighted by atomic mass is 10.2. The van der Waals surface area contributed by atoms with Crippen LogP contribution in [0.25, 0.3) is 0 Å². The summed E-state index contributed by atoms with van der Waals surface area (Å²) in [5.74, 6) is 1.35. The molecule has 3 nitrogen and oxygen atoms in total. The molecule has 0 aliphatic carbocycles. The molecule has 0 aliphatic rings. The number of thioether (sulfide) groups is 1. The number of benzene rings is 1. The van der Waals surface area contributed by atoms with Crippen molar-refractivity contribution in [1.82, 2.24) is 15.2 Å². The van der Waals surface area contributed by atoms with Crippen LogP contribution in [-0.2, 0) is 12.2 Å². The zero-order chi connectivity index (χ0) is 11.4. The summed E-state index contributed by atoms with van der Waals surface area (Å²) in [4.78, 5) is 4.27. The molecule has 0 aliphatic heterocycles. The SMILES string of the molecule is CCc1nc(SCc2cccc(F)c2)n[nH]1. The third kappa shape index (κ3) is 2.82. The zero-order valence-corrected chi connectivity index (χ0v) is 9.72. The van der Waals surface area contributed by atoms with E-state index in [4.69, 9.17) is 0 Å². The van der Waals surface area contributed by atoms with Crippen molar-refractivity contribution in [2.75, 3.05) is 0 Å². The Hall–Kier alpha value is -1.36. The van der Waals surface area contributed by atoms with Crippen LogP contribution in [0.5, 0.6) is 0 Å². The van der Waals surface area contributed by atoms with Gasteiger partial charge in [0, 0.05) is 12.2 Å². The molecule has 1 aromatic carbocycles. The molecule has 16 heavy (non-hydrogen) atoms. The van der Waals surface area contributed by atoms with E-state index in [9.17, 15) is 4.39 Å². The number of aryl methyl sites for hydroxylation is 1. The van der Waals surface area contributed by atoms with Crippen LogP contribution in [0.1, 0.15) is 18.3 Å². The van der Waals surface area contributed by atoms with Gasteiger partial charge in [-0.25, -0.2) is 9.37 Å². The summed E-state index contributed by atoms with van der Waals surface area (Å²) in [5.41, 5.74) is 0.938. The van der Waals surface area contributed by atoms with Gasteiger partial charge in [0.05, 0.1) is 0 Å². The molecule has 2 aromatic rings. The van der Waals surface area contributed by atoms with E-state index in [-0.39, 0.29) is 5.82 Å². The first-order valence-corrected chi connectivity index (χ1v) is 6.05. The van der Waals surface area contributed by atoms with Gasteiger partial charge in [-0.15, -0.1) is 5.10 Å². The number of halogens is 1. The van der Waals surface area contributed by atoms with Gasteiger partial charge in [-0.1, -0.05) is 30.8 Å². The van der Waals surface area contributed by atoms with E-state index < -0.39 is 0 Å². The molecule has 1 aromatic heterocycles. The summed E-state index contributed by atoms with van der Waals surface area (Å²) >= 11 is 1.50. The molecular formula is C11H12FN3S. The molecule has 2 rings (SSSR count). The molecule has 5 heteroatoms. The van der Waals surface area contributed by atoms with Gasteiger partial charge in [-0.05, 0) is 17.7 Å². The van der Waals surface area contributed by atoms with Gasteiger partial charge in [-0.3, -0.25) is 5.10 Å². The van der Waals surface area contributed by atoms with Crippen LogP contribution in [0.15, 0.2) is 29.4 Å². The molecule has 0 unspecified atom stereocenters. The van der Waals surface area contributed by atoms with Crippen LogP contribution >= 0.6 is 11.8 Å². The van der Waals surface area contributed by atoms with Crippen LogP contribution in [0.4, 0.5) is 4.39 Å². The highest BCUT2D eigenvalue weighted by Gasteiger charge is 2.03. The largest absolute Gasteiger partial charge is 0.262 e. The molecule has 0 amide bonds. The lowest BCUT2D eigenvalue weighted by Gasteiger charge is -1.97. The number of nitrogens with one attached hydrogen (secondary N) is 1. The van der Waals surface area contributed by atoms with Crippen molar-refractivity contribution in [3.63, 3.8) is 0 Å². The topological polar surface area (TPSA) is 41.6 Å².